The molecule has 4 nitrogen and oxygen atoms in total. The maximum atomic E-state index is 11.1. The topological polar surface area (TPSA) is 57.8 Å². The zero-order chi connectivity index (χ0) is 9.54. The summed E-state index contributed by atoms with van der Waals surface area (Å²) in [5.41, 5.74) is 1.88. The Morgan fingerprint density at radius 1 is 1.43 bits per heavy atom. The molecule has 1 aliphatic rings. The van der Waals surface area contributed by atoms with Crippen molar-refractivity contribution in [3.63, 3.8) is 0 Å². The first-order valence-electron chi connectivity index (χ1n) is 4.23. The lowest BCUT2D eigenvalue weighted by atomic mass is 10.2. The van der Waals surface area contributed by atoms with E-state index >= 15 is 0 Å². The third-order valence-electron chi connectivity index (χ3n) is 2.19. The summed E-state index contributed by atoms with van der Waals surface area (Å²) in [6.07, 6.45) is 1.78. The largest absolute Gasteiger partial charge is 0.324 e. The normalized spacial score (nSPS) is 15.3. The van der Waals surface area contributed by atoms with Crippen molar-refractivity contribution >= 4 is 34.3 Å². The van der Waals surface area contributed by atoms with Gasteiger partial charge in [0.1, 0.15) is 0 Å². The predicted octanol–water partition coefficient (Wildman–Crippen LogP) is 1.61. The van der Waals surface area contributed by atoms with Gasteiger partial charge in [-0.3, -0.25) is 9.89 Å². The lowest BCUT2D eigenvalue weighted by Gasteiger charge is -2.16. The van der Waals surface area contributed by atoms with E-state index in [0.29, 0.717) is 5.75 Å². The number of hydrogen-bond donors (Lipinski definition) is 2. The summed E-state index contributed by atoms with van der Waals surface area (Å²) in [5.74, 6) is 0.534. The number of benzene rings is 1. The molecule has 0 saturated heterocycles. The fraction of sp³-hybridized carbons (Fsp3) is 0.111. The second-order valence-corrected chi connectivity index (χ2v) is 4.10. The number of rotatable bonds is 0. The summed E-state index contributed by atoms with van der Waals surface area (Å²) in [5, 5.41) is 10.8. The minimum absolute atomic E-state index is 0.0568. The van der Waals surface area contributed by atoms with Crippen LogP contribution < -0.4 is 5.32 Å². The average molecular weight is 205 g/mol. The highest BCUT2D eigenvalue weighted by Gasteiger charge is 2.18. The molecule has 5 heteroatoms. The molecule has 1 aromatic carbocycles. The number of hydrogen-bond acceptors (Lipinski definition) is 3. The highest BCUT2D eigenvalue weighted by atomic mass is 32.2. The number of anilines is 1. The van der Waals surface area contributed by atoms with Crippen LogP contribution in [0.2, 0.25) is 0 Å². The molecule has 0 aliphatic carbocycles. The summed E-state index contributed by atoms with van der Waals surface area (Å²) >= 11 is 1.55. The Labute approximate surface area is 84.1 Å². The van der Waals surface area contributed by atoms with Crippen molar-refractivity contribution in [3.8, 4) is 0 Å². The van der Waals surface area contributed by atoms with E-state index in [4.69, 9.17) is 0 Å². The van der Waals surface area contributed by atoms with Gasteiger partial charge in [-0.15, -0.1) is 11.8 Å². The first kappa shape index (κ1) is 7.87. The van der Waals surface area contributed by atoms with Crippen molar-refractivity contribution in [1.29, 1.82) is 0 Å². The number of nitrogens with one attached hydrogen (secondary N) is 2. The summed E-state index contributed by atoms with van der Waals surface area (Å²) in [4.78, 5) is 12.2. The lowest BCUT2D eigenvalue weighted by Crippen LogP contribution is -2.18. The third-order valence-corrected chi connectivity index (χ3v) is 3.31. The molecule has 0 fully saturated rings. The molecule has 1 amide bonds. The molecule has 14 heavy (non-hydrogen) atoms. The maximum absolute atomic E-state index is 11.1. The standard InChI is InChI=1S/C9H7N3OS/c13-7-4-14-9-6(11-7)2-1-5-3-10-12-8(5)9/h1-3H,4H2,(H,10,12)(H,11,13). The monoisotopic (exact) mass is 205 g/mol. The van der Waals surface area contributed by atoms with Gasteiger partial charge in [0.05, 0.1) is 28.0 Å². The van der Waals surface area contributed by atoms with E-state index in [-0.39, 0.29) is 5.91 Å². The van der Waals surface area contributed by atoms with Crippen molar-refractivity contribution in [3.05, 3.63) is 18.3 Å². The van der Waals surface area contributed by atoms with Crippen LogP contribution >= 0.6 is 11.8 Å². The van der Waals surface area contributed by atoms with Gasteiger partial charge in [0.15, 0.2) is 0 Å². The van der Waals surface area contributed by atoms with E-state index in [1.165, 1.54) is 0 Å². The van der Waals surface area contributed by atoms with Crippen LogP contribution in [-0.2, 0) is 4.79 Å². The molecule has 1 aliphatic heterocycles. The third kappa shape index (κ3) is 1.02. The Hall–Kier alpha value is -1.49. The lowest BCUT2D eigenvalue weighted by molar-refractivity contribution is -0.113. The van der Waals surface area contributed by atoms with E-state index in [1.807, 2.05) is 12.1 Å². The first-order chi connectivity index (χ1) is 6.84. The Morgan fingerprint density at radius 3 is 3.29 bits per heavy atom. The van der Waals surface area contributed by atoms with Gasteiger partial charge in [-0.2, -0.15) is 5.10 Å². The predicted molar refractivity (Wildman–Crippen MR) is 55.4 cm³/mol. The molecule has 3 rings (SSSR count). The SMILES string of the molecule is O=C1CSc2c(ccc3cn[nH]c23)N1. The van der Waals surface area contributed by atoms with E-state index in [9.17, 15) is 4.79 Å². The van der Waals surface area contributed by atoms with Gasteiger partial charge in [0, 0.05) is 5.39 Å². The number of carbonyl (C=O) groups is 1. The van der Waals surface area contributed by atoms with Crippen LogP contribution in [0.3, 0.4) is 0 Å². The van der Waals surface area contributed by atoms with Crippen LogP contribution in [0.5, 0.6) is 0 Å². The second kappa shape index (κ2) is 2.75. The van der Waals surface area contributed by atoms with Gasteiger partial charge in [-0.1, -0.05) is 0 Å². The molecule has 0 bridgehead atoms. The molecular weight excluding hydrogens is 198 g/mol. The van der Waals surface area contributed by atoms with E-state index in [2.05, 4.69) is 15.5 Å². The smallest absolute Gasteiger partial charge is 0.234 e. The number of H-pyrrole nitrogens is 1. The number of aromatic nitrogens is 2. The molecule has 1 aromatic heterocycles. The highest BCUT2D eigenvalue weighted by Crippen LogP contribution is 2.36. The van der Waals surface area contributed by atoms with Crippen LogP contribution in [0.1, 0.15) is 0 Å². The molecule has 2 N–H and O–H groups in total. The second-order valence-electron chi connectivity index (χ2n) is 3.11. The van der Waals surface area contributed by atoms with E-state index in [0.717, 1.165) is 21.5 Å². The van der Waals surface area contributed by atoms with Gasteiger partial charge >= 0.3 is 0 Å². The molecule has 2 heterocycles. The number of nitrogens with zero attached hydrogens (tertiary/aromatic N) is 1. The molecule has 0 spiro atoms. The maximum Gasteiger partial charge on any atom is 0.234 e. The molecule has 0 saturated carbocycles. The summed E-state index contributed by atoms with van der Waals surface area (Å²) in [6, 6.07) is 3.86. The van der Waals surface area contributed by atoms with Gasteiger partial charge in [0.25, 0.3) is 0 Å². The Morgan fingerprint density at radius 2 is 2.36 bits per heavy atom. The highest BCUT2D eigenvalue weighted by molar-refractivity contribution is 8.00. The minimum Gasteiger partial charge on any atom is -0.324 e. The molecule has 2 aromatic rings. The first-order valence-corrected chi connectivity index (χ1v) is 5.22. The van der Waals surface area contributed by atoms with E-state index < -0.39 is 0 Å². The van der Waals surface area contributed by atoms with Crippen molar-refractivity contribution in [2.75, 3.05) is 11.1 Å². The molecule has 70 valence electrons. The van der Waals surface area contributed by atoms with Gasteiger partial charge in [-0.05, 0) is 12.1 Å². The summed E-state index contributed by atoms with van der Waals surface area (Å²) in [6.45, 7) is 0. The summed E-state index contributed by atoms with van der Waals surface area (Å²) in [7, 11) is 0. The Balaban J connectivity index is 2.29. The number of aromatic amines is 1. The minimum atomic E-state index is 0.0568. The average Bonchev–Trinajstić information content (AvgIpc) is 2.65. The van der Waals surface area contributed by atoms with E-state index in [1.54, 1.807) is 18.0 Å². The van der Waals surface area contributed by atoms with Crippen LogP contribution in [0.25, 0.3) is 10.9 Å². The van der Waals surface area contributed by atoms with Crippen molar-refractivity contribution in [2.24, 2.45) is 0 Å². The van der Waals surface area contributed by atoms with Gasteiger partial charge < -0.3 is 5.32 Å². The Bertz CT molecular complexity index is 520. The van der Waals surface area contributed by atoms with Crippen LogP contribution in [0.15, 0.2) is 23.2 Å². The van der Waals surface area contributed by atoms with Crippen LogP contribution in [0, 0.1) is 0 Å². The molecule has 0 unspecified atom stereocenters. The number of carbonyl (C=O) groups excluding carboxylic acids is 1. The van der Waals surface area contributed by atoms with Crippen molar-refractivity contribution in [1.82, 2.24) is 10.2 Å². The molecule has 0 atom stereocenters. The fourth-order valence-electron chi connectivity index (χ4n) is 1.56. The van der Waals surface area contributed by atoms with Gasteiger partial charge in [-0.25, -0.2) is 0 Å². The quantitative estimate of drug-likeness (QED) is 0.687. The van der Waals surface area contributed by atoms with Gasteiger partial charge in [0.2, 0.25) is 5.91 Å². The summed E-state index contributed by atoms with van der Waals surface area (Å²) < 4.78 is 0. The number of amides is 1. The van der Waals surface area contributed by atoms with Crippen molar-refractivity contribution in [2.45, 2.75) is 4.90 Å². The van der Waals surface area contributed by atoms with Crippen LogP contribution in [0.4, 0.5) is 5.69 Å². The molecule has 0 radical (unpaired) electrons. The fourth-order valence-corrected chi connectivity index (χ4v) is 2.49. The zero-order valence-corrected chi connectivity index (χ0v) is 8.02. The van der Waals surface area contributed by atoms with Crippen LogP contribution in [-0.4, -0.2) is 21.9 Å². The molecular formula is C9H7N3OS. The number of fused-ring (bicyclic) bond motifs is 3. The van der Waals surface area contributed by atoms with Crippen molar-refractivity contribution < 1.29 is 4.79 Å². The number of thioether (sulfide) groups is 1. The Kier molecular flexibility index (Phi) is 1.55. The zero-order valence-electron chi connectivity index (χ0n) is 7.20.